The third kappa shape index (κ3) is 6.06. The summed E-state index contributed by atoms with van der Waals surface area (Å²) >= 11 is 0. The van der Waals surface area contributed by atoms with E-state index in [9.17, 15) is 0 Å². The van der Waals surface area contributed by atoms with Crippen LogP contribution in [0.3, 0.4) is 0 Å². The summed E-state index contributed by atoms with van der Waals surface area (Å²) in [7, 11) is 0. The van der Waals surface area contributed by atoms with Crippen molar-refractivity contribution < 1.29 is 4.74 Å². The summed E-state index contributed by atoms with van der Waals surface area (Å²) in [5, 5.41) is 3.57. The molecule has 0 heterocycles. The second-order valence-electron chi connectivity index (χ2n) is 5.33. The van der Waals surface area contributed by atoms with Crippen LogP contribution in [0.15, 0.2) is 24.3 Å². The molecule has 1 aromatic carbocycles. The first-order valence-electron chi connectivity index (χ1n) is 7.07. The van der Waals surface area contributed by atoms with Gasteiger partial charge in [0.15, 0.2) is 0 Å². The molecule has 1 aromatic rings. The highest BCUT2D eigenvalue weighted by Crippen LogP contribution is 2.13. The zero-order chi connectivity index (χ0) is 13.4. The van der Waals surface area contributed by atoms with E-state index in [0.29, 0.717) is 6.04 Å². The summed E-state index contributed by atoms with van der Waals surface area (Å²) in [6, 6.07) is 8.90. The largest absolute Gasteiger partial charge is 0.494 e. The van der Waals surface area contributed by atoms with E-state index in [2.05, 4.69) is 44.3 Å². The van der Waals surface area contributed by atoms with E-state index >= 15 is 0 Å². The van der Waals surface area contributed by atoms with Gasteiger partial charge in [-0.25, -0.2) is 0 Å². The third-order valence-electron chi connectivity index (χ3n) is 3.04. The molecule has 1 unspecified atom stereocenters. The number of nitrogens with one attached hydrogen (secondary N) is 1. The molecule has 0 amide bonds. The Morgan fingerprint density at radius 1 is 1.17 bits per heavy atom. The fourth-order valence-corrected chi connectivity index (χ4v) is 1.89. The summed E-state index contributed by atoms with van der Waals surface area (Å²) in [6.45, 7) is 10.5. The van der Waals surface area contributed by atoms with Crippen LogP contribution in [0.25, 0.3) is 0 Å². The van der Waals surface area contributed by atoms with Crippen molar-refractivity contribution in [3.8, 4) is 5.75 Å². The van der Waals surface area contributed by atoms with Crippen molar-refractivity contribution in [1.82, 2.24) is 5.32 Å². The van der Waals surface area contributed by atoms with Crippen LogP contribution in [-0.4, -0.2) is 12.6 Å². The van der Waals surface area contributed by atoms with Gasteiger partial charge in [0.05, 0.1) is 6.61 Å². The molecule has 2 heteroatoms. The Balaban J connectivity index is 2.35. The van der Waals surface area contributed by atoms with Crippen LogP contribution in [0, 0.1) is 5.92 Å². The first-order chi connectivity index (χ1) is 8.61. The molecular formula is C16H27NO. The maximum Gasteiger partial charge on any atom is 0.119 e. The van der Waals surface area contributed by atoms with Gasteiger partial charge in [0.1, 0.15) is 5.75 Å². The Kier molecular flexibility index (Phi) is 6.81. The third-order valence-corrected chi connectivity index (χ3v) is 3.04. The first kappa shape index (κ1) is 15.0. The zero-order valence-electron chi connectivity index (χ0n) is 12.2. The Morgan fingerprint density at radius 2 is 1.94 bits per heavy atom. The fraction of sp³-hybridized carbons (Fsp3) is 0.625. The number of ether oxygens (including phenoxy) is 1. The number of benzene rings is 1. The summed E-state index contributed by atoms with van der Waals surface area (Å²) < 4.78 is 5.50. The van der Waals surface area contributed by atoms with Gasteiger partial charge in [-0.15, -0.1) is 0 Å². The minimum absolute atomic E-state index is 0.572. The molecule has 0 aliphatic rings. The van der Waals surface area contributed by atoms with E-state index < -0.39 is 0 Å². The monoisotopic (exact) mass is 249 g/mol. The molecule has 18 heavy (non-hydrogen) atoms. The van der Waals surface area contributed by atoms with Gasteiger partial charge in [-0.3, -0.25) is 0 Å². The molecule has 0 aliphatic heterocycles. The van der Waals surface area contributed by atoms with E-state index in [1.54, 1.807) is 0 Å². The van der Waals surface area contributed by atoms with E-state index in [-0.39, 0.29) is 0 Å². The molecule has 0 saturated heterocycles. The summed E-state index contributed by atoms with van der Waals surface area (Å²) in [5.41, 5.74) is 1.29. The van der Waals surface area contributed by atoms with Gasteiger partial charge >= 0.3 is 0 Å². The van der Waals surface area contributed by atoms with Gasteiger partial charge in [0.2, 0.25) is 0 Å². The Hall–Kier alpha value is -1.02. The molecular weight excluding hydrogens is 222 g/mol. The normalized spacial score (nSPS) is 12.7. The zero-order valence-corrected chi connectivity index (χ0v) is 12.2. The standard InChI is InChI=1S/C16H27NO/c1-5-18-16-8-6-7-15(11-16)12-17-14(4)10-9-13(2)3/h6-8,11,13-14,17H,5,9-10,12H2,1-4H3. The lowest BCUT2D eigenvalue weighted by Crippen LogP contribution is -2.25. The summed E-state index contributed by atoms with van der Waals surface area (Å²) in [6.07, 6.45) is 2.52. The Morgan fingerprint density at radius 3 is 2.61 bits per heavy atom. The van der Waals surface area contributed by atoms with Crippen LogP contribution in [0.1, 0.15) is 46.1 Å². The van der Waals surface area contributed by atoms with E-state index in [1.165, 1.54) is 18.4 Å². The second kappa shape index (κ2) is 8.15. The molecule has 0 bridgehead atoms. The quantitative estimate of drug-likeness (QED) is 0.752. The SMILES string of the molecule is CCOc1cccc(CNC(C)CCC(C)C)c1. The Bertz CT molecular complexity index is 336. The number of hydrogen-bond acceptors (Lipinski definition) is 2. The number of rotatable bonds is 8. The smallest absolute Gasteiger partial charge is 0.119 e. The van der Waals surface area contributed by atoms with Crippen molar-refractivity contribution in [2.45, 2.75) is 53.1 Å². The Labute approximate surface area is 112 Å². The lowest BCUT2D eigenvalue weighted by atomic mass is 10.0. The molecule has 1 atom stereocenters. The minimum atomic E-state index is 0.572. The van der Waals surface area contributed by atoms with Crippen LogP contribution < -0.4 is 10.1 Å². The molecule has 0 saturated carbocycles. The second-order valence-corrected chi connectivity index (χ2v) is 5.33. The van der Waals surface area contributed by atoms with Crippen molar-refractivity contribution in [3.05, 3.63) is 29.8 Å². The maximum atomic E-state index is 5.50. The minimum Gasteiger partial charge on any atom is -0.494 e. The van der Waals surface area contributed by atoms with Crippen molar-refractivity contribution in [1.29, 1.82) is 0 Å². The van der Waals surface area contributed by atoms with Gasteiger partial charge in [0, 0.05) is 12.6 Å². The lowest BCUT2D eigenvalue weighted by molar-refractivity contribution is 0.339. The summed E-state index contributed by atoms with van der Waals surface area (Å²) in [4.78, 5) is 0. The topological polar surface area (TPSA) is 21.3 Å². The van der Waals surface area contributed by atoms with Crippen molar-refractivity contribution in [3.63, 3.8) is 0 Å². The van der Waals surface area contributed by atoms with Gasteiger partial charge in [0.25, 0.3) is 0 Å². The molecule has 1 N–H and O–H groups in total. The number of hydrogen-bond donors (Lipinski definition) is 1. The van der Waals surface area contributed by atoms with E-state index in [4.69, 9.17) is 4.74 Å². The van der Waals surface area contributed by atoms with Crippen molar-refractivity contribution in [2.24, 2.45) is 5.92 Å². The molecule has 102 valence electrons. The molecule has 0 fully saturated rings. The van der Waals surface area contributed by atoms with Crippen LogP contribution in [0.4, 0.5) is 0 Å². The molecule has 0 spiro atoms. The van der Waals surface area contributed by atoms with Crippen LogP contribution in [0.2, 0.25) is 0 Å². The highest BCUT2D eigenvalue weighted by Gasteiger charge is 2.03. The van der Waals surface area contributed by atoms with E-state index in [1.807, 2.05) is 13.0 Å². The molecule has 0 aromatic heterocycles. The predicted octanol–water partition coefficient (Wildman–Crippen LogP) is 4.00. The molecule has 0 aliphatic carbocycles. The molecule has 1 rings (SSSR count). The predicted molar refractivity (Wildman–Crippen MR) is 78.0 cm³/mol. The average molecular weight is 249 g/mol. The van der Waals surface area contributed by atoms with Crippen LogP contribution in [0.5, 0.6) is 5.75 Å². The fourth-order valence-electron chi connectivity index (χ4n) is 1.89. The van der Waals surface area contributed by atoms with Crippen molar-refractivity contribution in [2.75, 3.05) is 6.61 Å². The van der Waals surface area contributed by atoms with Gasteiger partial charge in [-0.1, -0.05) is 26.0 Å². The molecule has 0 radical (unpaired) electrons. The van der Waals surface area contributed by atoms with Crippen LogP contribution in [-0.2, 0) is 6.54 Å². The van der Waals surface area contributed by atoms with E-state index in [0.717, 1.165) is 24.8 Å². The van der Waals surface area contributed by atoms with Gasteiger partial charge in [-0.2, -0.15) is 0 Å². The maximum absolute atomic E-state index is 5.50. The van der Waals surface area contributed by atoms with Crippen molar-refractivity contribution >= 4 is 0 Å². The van der Waals surface area contributed by atoms with Gasteiger partial charge < -0.3 is 10.1 Å². The van der Waals surface area contributed by atoms with Gasteiger partial charge in [-0.05, 0) is 50.3 Å². The molecule has 2 nitrogen and oxygen atoms in total. The van der Waals surface area contributed by atoms with Crippen LogP contribution >= 0.6 is 0 Å². The first-order valence-corrected chi connectivity index (χ1v) is 7.07. The lowest BCUT2D eigenvalue weighted by Gasteiger charge is -2.15. The highest BCUT2D eigenvalue weighted by atomic mass is 16.5. The summed E-state index contributed by atoms with van der Waals surface area (Å²) in [5.74, 6) is 1.75. The highest BCUT2D eigenvalue weighted by molar-refractivity contribution is 5.28. The average Bonchev–Trinajstić information content (AvgIpc) is 2.35.